The molecule has 8 heteroatoms. The minimum Gasteiger partial charge on any atom is -0.389 e. The average Bonchev–Trinajstić information content (AvgIpc) is 2.99. The molecule has 1 atom stereocenters. The van der Waals surface area contributed by atoms with Gasteiger partial charge in [-0.05, 0) is 25.3 Å². The van der Waals surface area contributed by atoms with Gasteiger partial charge in [0.05, 0.1) is 30.8 Å². The minimum atomic E-state index is -0.762. The van der Waals surface area contributed by atoms with Gasteiger partial charge in [0, 0.05) is 4.88 Å². The molecule has 0 fully saturated rings. The molecule has 114 valence electrons. The van der Waals surface area contributed by atoms with Crippen LogP contribution < -0.4 is 0 Å². The summed E-state index contributed by atoms with van der Waals surface area (Å²) in [6.07, 6.45) is -0.762. The lowest BCUT2D eigenvalue weighted by atomic mass is 10.3. The third-order valence-corrected chi connectivity index (χ3v) is 3.89. The van der Waals surface area contributed by atoms with Gasteiger partial charge in [-0.2, -0.15) is 5.10 Å². The van der Waals surface area contributed by atoms with Gasteiger partial charge < -0.3 is 9.84 Å². The predicted molar refractivity (Wildman–Crippen MR) is 78.3 cm³/mol. The van der Waals surface area contributed by atoms with Gasteiger partial charge in [0.15, 0.2) is 0 Å². The van der Waals surface area contributed by atoms with E-state index in [0.29, 0.717) is 18.0 Å². The van der Waals surface area contributed by atoms with E-state index in [1.807, 2.05) is 17.5 Å². The van der Waals surface area contributed by atoms with Crippen LogP contribution in [0.3, 0.4) is 0 Å². The highest BCUT2D eigenvalue weighted by atomic mass is 32.1. The maximum Gasteiger partial charge on any atom is 0.312 e. The first-order valence-electron chi connectivity index (χ1n) is 6.45. The van der Waals surface area contributed by atoms with E-state index in [-0.39, 0.29) is 18.8 Å². The van der Waals surface area contributed by atoms with Crippen LogP contribution in [0.15, 0.2) is 17.5 Å². The Hall–Kier alpha value is -1.77. The molecule has 0 saturated heterocycles. The zero-order chi connectivity index (χ0) is 15.4. The maximum absolute atomic E-state index is 10.9. The van der Waals surface area contributed by atoms with Gasteiger partial charge in [0.1, 0.15) is 11.4 Å². The molecule has 2 heterocycles. The number of aryl methyl sites for hydroxylation is 1. The zero-order valence-electron chi connectivity index (χ0n) is 11.9. The van der Waals surface area contributed by atoms with E-state index < -0.39 is 11.0 Å². The second kappa shape index (κ2) is 6.79. The van der Waals surface area contributed by atoms with Crippen molar-refractivity contribution in [3.8, 4) is 0 Å². The molecule has 2 rings (SSSR count). The van der Waals surface area contributed by atoms with Crippen molar-refractivity contribution in [1.82, 2.24) is 9.78 Å². The van der Waals surface area contributed by atoms with Gasteiger partial charge >= 0.3 is 5.69 Å². The van der Waals surface area contributed by atoms with Gasteiger partial charge in [-0.1, -0.05) is 6.07 Å². The van der Waals surface area contributed by atoms with Gasteiger partial charge in [-0.25, -0.2) is 0 Å². The summed E-state index contributed by atoms with van der Waals surface area (Å²) in [7, 11) is 0. The third-order valence-electron chi connectivity index (χ3n) is 3.04. The highest BCUT2D eigenvalue weighted by molar-refractivity contribution is 7.09. The van der Waals surface area contributed by atoms with E-state index in [1.54, 1.807) is 25.2 Å². The van der Waals surface area contributed by atoms with Crippen LogP contribution in [0.1, 0.15) is 16.3 Å². The SMILES string of the molecule is Cc1nn(CC(O)COCc2cccs2)c(C)c1[N+](=O)[O-]. The lowest BCUT2D eigenvalue weighted by Crippen LogP contribution is -2.23. The summed E-state index contributed by atoms with van der Waals surface area (Å²) in [6, 6.07) is 3.90. The number of nitrogens with zero attached hydrogens (tertiary/aromatic N) is 3. The summed E-state index contributed by atoms with van der Waals surface area (Å²) >= 11 is 1.59. The monoisotopic (exact) mass is 311 g/mol. The normalized spacial score (nSPS) is 12.5. The van der Waals surface area contributed by atoms with Crippen molar-refractivity contribution < 1.29 is 14.8 Å². The first-order valence-corrected chi connectivity index (χ1v) is 7.33. The second-order valence-corrected chi connectivity index (χ2v) is 5.74. The molecule has 0 bridgehead atoms. The van der Waals surface area contributed by atoms with Gasteiger partial charge in [-0.15, -0.1) is 11.3 Å². The molecule has 1 unspecified atom stereocenters. The molecule has 0 amide bonds. The lowest BCUT2D eigenvalue weighted by Gasteiger charge is -2.11. The van der Waals surface area contributed by atoms with Gasteiger partial charge in [-0.3, -0.25) is 14.8 Å². The van der Waals surface area contributed by atoms with Crippen LogP contribution in [0.4, 0.5) is 5.69 Å². The molecule has 7 nitrogen and oxygen atoms in total. The summed E-state index contributed by atoms with van der Waals surface area (Å²) in [5.41, 5.74) is 0.792. The standard InChI is InChI=1S/C13H17N3O4S/c1-9-13(16(18)19)10(2)15(14-9)6-11(17)7-20-8-12-4-3-5-21-12/h3-5,11,17H,6-8H2,1-2H3. The Morgan fingerprint density at radius 3 is 2.90 bits per heavy atom. The molecule has 0 spiro atoms. The maximum atomic E-state index is 10.9. The Morgan fingerprint density at radius 1 is 1.57 bits per heavy atom. The molecule has 1 N–H and O–H groups in total. The minimum absolute atomic E-state index is 0.00158. The number of aliphatic hydroxyl groups is 1. The van der Waals surface area contributed by atoms with Crippen molar-refractivity contribution >= 4 is 17.0 Å². The second-order valence-electron chi connectivity index (χ2n) is 4.71. The zero-order valence-corrected chi connectivity index (χ0v) is 12.7. The van der Waals surface area contributed by atoms with Gasteiger partial charge in [0.2, 0.25) is 0 Å². The van der Waals surface area contributed by atoms with Crippen LogP contribution in [0.5, 0.6) is 0 Å². The van der Waals surface area contributed by atoms with Crippen molar-refractivity contribution in [1.29, 1.82) is 0 Å². The topological polar surface area (TPSA) is 90.4 Å². The van der Waals surface area contributed by atoms with E-state index in [9.17, 15) is 15.2 Å². The van der Waals surface area contributed by atoms with Crippen molar-refractivity contribution in [2.24, 2.45) is 0 Å². The Bertz CT molecular complexity index is 609. The fraction of sp³-hybridized carbons (Fsp3) is 0.462. The van der Waals surface area contributed by atoms with Crippen molar-refractivity contribution in [3.63, 3.8) is 0 Å². The van der Waals surface area contributed by atoms with Crippen LogP contribution >= 0.6 is 11.3 Å². The van der Waals surface area contributed by atoms with Crippen molar-refractivity contribution in [3.05, 3.63) is 43.9 Å². The van der Waals surface area contributed by atoms with Crippen LogP contribution in [-0.4, -0.2) is 32.5 Å². The van der Waals surface area contributed by atoms with Crippen LogP contribution in [0, 0.1) is 24.0 Å². The molecule has 2 aromatic heterocycles. The first kappa shape index (κ1) is 15.6. The molecule has 0 aliphatic heterocycles. The number of thiophene rings is 1. The van der Waals surface area contributed by atoms with E-state index in [4.69, 9.17) is 4.74 Å². The number of rotatable bonds is 7. The average molecular weight is 311 g/mol. The summed E-state index contributed by atoms with van der Waals surface area (Å²) in [4.78, 5) is 11.5. The van der Waals surface area contributed by atoms with E-state index in [1.165, 1.54) is 4.68 Å². The number of hydrogen-bond acceptors (Lipinski definition) is 6. The summed E-state index contributed by atoms with van der Waals surface area (Å²) in [5.74, 6) is 0. The van der Waals surface area contributed by atoms with Gasteiger partial charge in [0.25, 0.3) is 0 Å². The Morgan fingerprint density at radius 2 is 2.33 bits per heavy atom. The highest BCUT2D eigenvalue weighted by Gasteiger charge is 2.22. The number of nitro groups is 1. The van der Waals surface area contributed by atoms with Crippen molar-refractivity contribution in [2.45, 2.75) is 33.1 Å². The molecule has 0 aromatic carbocycles. The summed E-state index contributed by atoms with van der Waals surface area (Å²) in [5, 5.41) is 26.9. The third kappa shape index (κ3) is 3.87. The fourth-order valence-electron chi connectivity index (χ4n) is 2.07. The molecule has 0 aliphatic rings. The summed E-state index contributed by atoms with van der Waals surface area (Å²) in [6.45, 7) is 3.99. The molecule has 0 saturated carbocycles. The first-order chi connectivity index (χ1) is 9.99. The van der Waals surface area contributed by atoms with E-state index >= 15 is 0 Å². The van der Waals surface area contributed by atoms with Crippen molar-refractivity contribution in [2.75, 3.05) is 6.61 Å². The van der Waals surface area contributed by atoms with E-state index in [2.05, 4.69) is 5.10 Å². The molecule has 0 aliphatic carbocycles. The molecule has 21 heavy (non-hydrogen) atoms. The molecule has 2 aromatic rings. The smallest absolute Gasteiger partial charge is 0.312 e. The number of ether oxygens (including phenoxy) is 1. The number of hydrogen-bond donors (Lipinski definition) is 1. The number of aromatic nitrogens is 2. The lowest BCUT2D eigenvalue weighted by molar-refractivity contribution is -0.386. The van der Waals surface area contributed by atoms with E-state index in [0.717, 1.165) is 4.88 Å². The predicted octanol–water partition coefficient (Wildman–Crippen LogP) is 2.05. The Labute approximate surface area is 125 Å². The number of aliphatic hydroxyl groups excluding tert-OH is 1. The Kier molecular flexibility index (Phi) is 5.05. The highest BCUT2D eigenvalue weighted by Crippen LogP contribution is 2.21. The molecule has 0 radical (unpaired) electrons. The Balaban J connectivity index is 1.89. The van der Waals surface area contributed by atoms with Crippen LogP contribution in [0.25, 0.3) is 0 Å². The largest absolute Gasteiger partial charge is 0.389 e. The molecular formula is C13H17N3O4S. The fourth-order valence-corrected chi connectivity index (χ4v) is 2.71. The van der Waals surface area contributed by atoms with Crippen LogP contribution in [0.2, 0.25) is 0 Å². The quantitative estimate of drug-likeness (QED) is 0.624. The molecular weight excluding hydrogens is 294 g/mol. The van der Waals surface area contributed by atoms with Crippen LogP contribution in [-0.2, 0) is 17.9 Å². The summed E-state index contributed by atoms with van der Waals surface area (Å²) < 4.78 is 6.87.